The summed E-state index contributed by atoms with van der Waals surface area (Å²) in [4.78, 5) is 11.5. The molecular weight excluding hydrogens is 224 g/mol. The van der Waals surface area contributed by atoms with Gasteiger partial charge in [0.2, 0.25) is 5.91 Å². The molecule has 3 heteroatoms. The summed E-state index contributed by atoms with van der Waals surface area (Å²) < 4.78 is 0. The van der Waals surface area contributed by atoms with Crippen LogP contribution in [-0.2, 0) is 11.2 Å². The van der Waals surface area contributed by atoms with Gasteiger partial charge in [-0.1, -0.05) is 31.0 Å². The summed E-state index contributed by atoms with van der Waals surface area (Å²) in [5.74, 6) is 0.970. The maximum atomic E-state index is 11.5. The molecular formula is C15H22N2O. The molecule has 1 aliphatic rings. The van der Waals surface area contributed by atoms with Crippen molar-refractivity contribution in [2.24, 2.45) is 5.92 Å². The van der Waals surface area contributed by atoms with E-state index in [1.807, 2.05) is 18.2 Å². The van der Waals surface area contributed by atoms with Crippen molar-refractivity contribution in [1.29, 1.82) is 0 Å². The monoisotopic (exact) mass is 246 g/mol. The molecule has 1 fully saturated rings. The quantitative estimate of drug-likeness (QED) is 0.810. The molecule has 2 rings (SSSR count). The number of carbonyl (C=O) groups excluding carboxylic acids is 1. The SMILES string of the molecule is CNC(=O)Cc1ccccc1NC(C)CC1CC1. The number of benzene rings is 1. The molecule has 1 amide bonds. The predicted molar refractivity (Wildman–Crippen MR) is 74.6 cm³/mol. The van der Waals surface area contributed by atoms with Crippen LogP contribution in [0.1, 0.15) is 31.7 Å². The van der Waals surface area contributed by atoms with Crippen molar-refractivity contribution in [3.05, 3.63) is 29.8 Å². The van der Waals surface area contributed by atoms with Crippen molar-refractivity contribution in [2.45, 2.75) is 38.6 Å². The molecule has 2 N–H and O–H groups in total. The first-order valence-electron chi connectivity index (χ1n) is 6.74. The van der Waals surface area contributed by atoms with Crippen LogP contribution in [0.25, 0.3) is 0 Å². The van der Waals surface area contributed by atoms with Crippen LogP contribution in [0.4, 0.5) is 5.69 Å². The lowest BCUT2D eigenvalue weighted by Gasteiger charge is -2.17. The highest BCUT2D eigenvalue weighted by atomic mass is 16.1. The van der Waals surface area contributed by atoms with Gasteiger partial charge in [-0.05, 0) is 30.9 Å². The second kappa shape index (κ2) is 5.89. The van der Waals surface area contributed by atoms with Crippen molar-refractivity contribution < 1.29 is 4.79 Å². The zero-order valence-corrected chi connectivity index (χ0v) is 11.2. The fourth-order valence-corrected chi connectivity index (χ4v) is 2.25. The van der Waals surface area contributed by atoms with Gasteiger partial charge in [0.15, 0.2) is 0 Å². The third-order valence-electron chi connectivity index (χ3n) is 3.43. The molecule has 1 aliphatic carbocycles. The number of carbonyl (C=O) groups is 1. The van der Waals surface area contributed by atoms with Crippen LogP contribution in [0.3, 0.4) is 0 Å². The summed E-state index contributed by atoms with van der Waals surface area (Å²) in [5, 5.41) is 6.20. The molecule has 0 bridgehead atoms. The van der Waals surface area contributed by atoms with Crippen molar-refractivity contribution in [1.82, 2.24) is 5.32 Å². The Morgan fingerprint density at radius 1 is 1.39 bits per heavy atom. The molecule has 1 atom stereocenters. The summed E-state index contributed by atoms with van der Waals surface area (Å²) in [7, 11) is 1.67. The van der Waals surface area contributed by atoms with Gasteiger partial charge in [0.1, 0.15) is 0 Å². The van der Waals surface area contributed by atoms with E-state index >= 15 is 0 Å². The van der Waals surface area contributed by atoms with Gasteiger partial charge < -0.3 is 10.6 Å². The Morgan fingerprint density at radius 2 is 2.11 bits per heavy atom. The topological polar surface area (TPSA) is 41.1 Å². The Labute approximate surface area is 109 Å². The Hall–Kier alpha value is -1.51. The van der Waals surface area contributed by atoms with Gasteiger partial charge >= 0.3 is 0 Å². The Kier molecular flexibility index (Phi) is 4.24. The fourth-order valence-electron chi connectivity index (χ4n) is 2.25. The second-order valence-corrected chi connectivity index (χ2v) is 5.23. The number of nitrogens with one attached hydrogen (secondary N) is 2. The van der Waals surface area contributed by atoms with Gasteiger partial charge in [0.25, 0.3) is 0 Å². The molecule has 1 saturated carbocycles. The predicted octanol–water partition coefficient (Wildman–Crippen LogP) is 2.58. The average molecular weight is 246 g/mol. The van der Waals surface area contributed by atoms with E-state index in [0.29, 0.717) is 12.5 Å². The first-order chi connectivity index (χ1) is 8.69. The van der Waals surface area contributed by atoms with Gasteiger partial charge in [0.05, 0.1) is 6.42 Å². The van der Waals surface area contributed by atoms with Gasteiger partial charge in [-0.25, -0.2) is 0 Å². The highest BCUT2D eigenvalue weighted by Crippen LogP contribution is 2.34. The highest BCUT2D eigenvalue weighted by Gasteiger charge is 2.23. The largest absolute Gasteiger partial charge is 0.382 e. The van der Waals surface area contributed by atoms with Crippen molar-refractivity contribution in [3.63, 3.8) is 0 Å². The van der Waals surface area contributed by atoms with Crippen LogP contribution in [0.5, 0.6) is 0 Å². The van der Waals surface area contributed by atoms with Gasteiger partial charge in [-0.3, -0.25) is 4.79 Å². The first-order valence-corrected chi connectivity index (χ1v) is 6.74. The van der Waals surface area contributed by atoms with E-state index in [2.05, 4.69) is 23.6 Å². The zero-order valence-electron chi connectivity index (χ0n) is 11.2. The second-order valence-electron chi connectivity index (χ2n) is 5.23. The minimum absolute atomic E-state index is 0.0547. The molecule has 18 heavy (non-hydrogen) atoms. The average Bonchev–Trinajstić information content (AvgIpc) is 3.15. The van der Waals surface area contributed by atoms with Crippen LogP contribution in [0, 0.1) is 5.92 Å². The minimum atomic E-state index is 0.0547. The number of amides is 1. The van der Waals surface area contributed by atoms with E-state index in [-0.39, 0.29) is 5.91 Å². The number of hydrogen-bond acceptors (Lipinski definition) is 2. The van der Waals surface area contributed by atoms with E-state index < -0.39 is 0 Å². The third-order valence-corrected chi connectivity index (χ3v) is 3.43. The standard InChI is InChI=1S/C15H22N2O/c1-11(9-12-7-8-12)17-14-6-4-3-5-13(14)10-15(18)16-2/h3-6,11-12,17H,7-10H2,1-2H3,(H,16,18). The van der Waals surface area contributed by atoms with E-state index in [4.69, 9.17) is 0 Å². The Balaban J connectivity index is 1.99. The summed E-state index contributed by atoms with van der Waals surface area (Å²) in [6, 6.07) is 8.54. The molecule has 0 spiro atoms. The van der Waals surface area contributed by atoms with Gasteiger partial charge in [-0.15, -0.1) is 0 Å². The van der Waals surface area contributed by atoms with Crippen LogP contribution >= 0.6 is 0 Å². The summed E-state index contributed by atoms with van der Waals surface area (Å²) in [5.41, 5.74) is 2.16. The molecule has 1 aromatic rings. The van der Waals surface area contributed by atoms with Gasteiger partial charge in [-0.2, -0.15) is 0 Å². The Morgan fingerprint density at radius 3 is 2.78 bits per heavy atom. The van der Waals surface area contributed by atoms with E-state index in [9.17, 15) is 4.79 Å². The first kappa shape index (κ1) is 12.9. The summed E-state index contributed by atoms with van der Waals surface area (Å²) >= 11 is 0. The lowest BCUT2D eigenvalue weighted by molar-refractivity contribution is -0.119. The normalized spacial score (nSPS) is 16.1. The molecule has 0 aromatic heterocycles. The number of likely N-dealkylation sites (N-methyl/N-ethyl adjacent to an activating group) is 1. The smallest absolute Gasteiger partial charge is 0.224 e. The Bertz CT molecular complexity index is 413. The number of rotatable bonds is 6. The fraction of sp³-hybridized carbons (Fsp3) is 0.533. The number of anilines is 1. The van der Waals surface area contributed by atoms with E-state index in [1.54, 1.807) is 7.05 Å². The van der Waals surface area contributed by atoms with Crippen molar-refractivity contribution in [2.75, 3.05) is 12.4 Å². The van der Waals surface area contributed by atoms with Gasteiger partial charge in [0, 0.05) is 18.8 Å². The molecule has 0 radical (unpaired) electrons. The number of para-hydroxylation sites is 1. The maximum absolute atomic E-state index is 11.5. The minimum Gasteiger partial charge on any atom is -0.382 e. The van der Waals surface area contributed by atoms with Crippen molar-refractivity contribution >= 4 is 11.6 Å². The summed E-state index contributed by atoms with van der Waals surface area (Å²) in [6.45, 7) is 2.22. The van der Waals surface area contributed by atoms with Crippen LogP contribution in [-0.4, -0.2) is 19.0 Å². The number of hydrogen-bond donors (Lipinski definition) is 2. The van der Waals surface area contributed by atoms with E-state index in [1.165, 1.54) is 19.3 Å². The van der Waals surface area contributed by atoms with E-state index in [0.717, 1.165) is 17.2 Å². The zero-order chi connectivity index (χ0) is 13.0. The molecule has 1 unspecified atom stereocenters. The lowest BCUT2D eigenvalue weighted by Crippen LogP contribution is -2.22. The molecule has 98 valence electrons. The maximum Gasteiger partial charge on any atom is 0.224 e. The molecule has 3 nitrogen and oxygen atoms in total. The third kappa shape index (κ3) is 3.76. The molecule has 1 aromatic carbocycles. The van der Waals surface area contributed by atoms with Crippen LogP contribution in [0.2, 0.25) is 0 Å². The lowest BCUT2D eigenvalue weighted by atomic mass is 10.1. The van der Waals surface area contributed by atoms with Crippen LogP contribution in [0.15, 0.2) is 24.3 Å². The highest BCUT2D eigenvalue weighted by molar-refractivity contribution is 5.80. The molecule has 0 aliphatic heterocycles. The summed E-state index contributed by atoms with van der Waals surface area (Å²) in [6.07, 6.45) is 4.43. The van der Waals surface area contributed by atoms with Crippen LogP contribution < -0.4 is 10.6 Å². The molecule has 0 saturated heterocycles. The molecule has 0 heterocycles. The van der Waals surface area contributed by atoms with Crippen molar-refractivity contribution in [3.8, 4) is 0 Å².